The molecule has 14 heavy (non-hydrogen) atoms. The van der Waals surface area contributed by atoms with E-state index in [-0.39, 0.29) is 0 Å². The molecule has 2 N–H and O–H groups in total. The quantitative estimate of drug-likeness (QED) is 0.881. The summed E-state index contributed by atoms with van der Waals surface area (Å²) in [5, 5.41) is 0. The largest absolute Gasteiger partial charge is 0.494 e. The SMILES string of the molecule is CC(CN)CCOc1ccc(Br)cc1. The monoisotopic (exact) mass is 257 g/mol. The molecule has 0 bridgehead atoms. The van der Waals surface area contributed by atoms with Crippen LogP contribution in [0.25, 0.3) is 0 Å². The van der Waals surface area contributed by atoms with Crippen LogP contribution in [0.5, 0.6) is 5.75 Å². The summed E-state index contributed by atoms with van der Waals surface area (Å²) in [5.74, 6) is 1.45. The third-order valence-electron chi connectivity index (χ3n) is 2.10. The Kier molecular flexibility index (Phi) is 4.98. The fourth-order valence-corrected chi connectivity index (χ4v) is 1.29. The van der Waals surface area contributed by atoms with Crippen LogP contribution in [0.3, 0.4) is 0 Å². The van der Waals surface area contributed by atoms with Gasteiger partial charge in [0.25, 0.3) is 0 Å². The van der Waals surface area contributed by atoms with E-state index in [1.807, 2.05) is 24.3 Å². The summed E-state index contributed by atoms with van der Waals surface area (Å²) in [4.78, 5) is 0. The Morgan fingerprint density at radius 2 is 2.00 bits per heavy atom. The van der Waals surface area contributed by atoms with Gasteiger partial charge in [-0.2, -0.15) is 0 Å². The minimum atomic E-state index is 0.533. The standard InChI is InChI=1S/C11H16BrNO/c1-9(8-13)6-7-14-11-4-2-10(12)3-5-11/h2-5,9H,6-8,13H2,1H3. The highest BCUT2D eigenvalue weighted by Crippen LogP contribution is 2.16. The second-order valence-electron chi connectivity index (χ2n) is 3.43. The molecule has 1 aromatic rings. The van der Waals surface area contributed by atoms with E-state index < -0.39 is 0 Å². The lowest BCUT2D eigenvalue weighted by Crippen LogP contribution is -2.13. The minimum Gasteiger partial charge on any atom is -0.494 e. The fourth-order valence-electron chi connectivity index (χ4n) is 1.03. The van der Waals surface area contributed by atoms with Gasteiger partial charge in [0.15, 0.2) is 0 Å². The van der Waals surface area contributed by atoms with Crippen molar-refractivity contribution < 1.29 is 4.74 Å². The van der Waals surface area contributed by atoms with Crippen LogP contribution < -0.4 is 10.5 Å². The number of nitrogens with two attached hydrogens (primary N) is 1. The van der Waals surface area contributed by atoms with Gasteiger partial charge in [-0.05, 0) is 43.1 Å². The second-order valence-corrected chi connectivity index (χ2v) is 4.35. The molecule has 1 atom stereocenters. The summed E-state index contributed by atoms with van der Waals surface area (Å²) in [6.07, 6.45) is 1.01. The maximum Gasteiger partial charge on any atom is 0.119 e. The van der Waals surface area contributed by atoms with Crippen molar-refractivity contribution in [2.75, 3.05) is 13.2 Å². The van der Waals surface area contributed by atoms with E-state index in [1.165, 1.54) is 0 Å². The summed E-state index contributed by atoms with van der Waals surface area (Å²) >= 11 is 3.38. The van der Waals surface area contributed by atoms with E-state index in [0.717, 1.165) is 29.8 Å². The number of rotatable bonds is 5. The highest BCUT2D eigenvalue weighted by atomic mass is 79.9. The van der Waals surface area contributed by atoms with Crippen LogP contribution in [0, 0.1) is 5.92 Å². The number of ether oxygens (including phenoxy) is 1. The smallest absolute Gasteiger partial charge is 0.119 e. The summed E-state index contributed by atoms with van der Waals surface area (Å²) < 4.78 is 6.63. The van der Waals surface area contributed by atoms with E-state index >= 15 is 0 Å². The fraction of sp³-hybridized carbons (Fsp3) is 0.455. The van der Waals surface area contributed by atoms with Crippen molar-refractivity contribution in [1.82, 2.24) is 0 Å². The molecule has 0 amide bonds. The summed E-state index contributed by atoms with van der Waals surface area (Å²) in [6.45, 7) is 3.59. The van der Waals surface area contributed by atoms with Crippen molar-refractivity contribution in [2.45, 2.75) is 13.3 Å². The Hall–Kier alpha value is -0.540. The van der Waals surface area contributed by atoms with Gasteiger partial charge in [-0.15, -0.1) is 0 Å². The third-order valence-corrected chi connectivity index (χ3v) is 2.62. The Bertz CT molecular complexity index is 260. The van der Waals surface area contributed by atoms with Gasteiger partial charge in [-0.1, -0.05) is 22.9 Å². The van der Waals surface area contributed by atoms with Crippen molar-refractivity contribution in [2.24, 2.45) is 11.7 Å². The molecule has 2 nitrogen and oxygen atoms in total. The molecular weight excluding hydrogens is 242 g/mol. The van der Waals surface area contributed by atoms with Gasteiger partial charge in [-0.3, -0.25) is 0 Å². The highest BCUT2D eigenvalue weighted by molar-refractivity contribution is 9.10. The molecule has 1 rings (SSSR count). The number of benzene rings is 1. The normalized spacial score (nSPS) is 12.5. The molecule has 3 heteroatoms. The van der Waals surface area contributed by atoms with E-state index in [4.69, 9.17) is 10.5 Å². The first-order chi connectivity index (χ1) is 6.72. The molecule has 0 aromatic heterocycles. The van der Waals surface area contributed by atoms with Crippen molar-refractivity contribution in [3.63, 3.8) is 0 Å². The molecule has 0 aliphatic rings. The van der Waals surface area contributed by atoms with Gasteiger partial charge >= 0.3 is 0 Å². The molecule has 0 saturated carbocycles. The Morgan fingerprint density at radius 1 is 1.36 bits per heavy atom. The van der Waals surface area contributed by atoms with Gasteiger partial charge < -0.3 is 10.5 Å². The molecule has 0 fully saturated rings. The first kappa shape index (κ1) is 11.5. The summed E-state index contributed by atoms with van der Waals surface area (Å²) in [7, 11) is 0. The van der Waals surface area contributed by atoms with Crippen LogP contribution in [-0.4, -0.2) is 13.2 Å². The van der Waals surface area contributed by atoms with E-state index in [1.54, 1.807) is 0 Å². The molecule has 78 valence electrons. The lowest BCUT2D eigenvalue weighted by Gasteiger charge is -2.09. The lowest BCUT2D eigenvalue weighted by atomic mass is 10.1. The molecule has 0 saturated heterocycles. The zero-order chi connectivity index (χ0) is 10.4. The highest BCUT2D eigenvalue weighted by Gasteiger charge is 1.99. The average molecular weight is 258 g/mol. The van der Waals surface area contributed by atoms with Crippen LogP contribution in [0.2, 0.25) is 0 Å². The molecule has 0 aliphatic heterocycles. The van der Waals surface area contributed by atoms with E-state index in [0.29, 0.717) is 5.92 Å². The van der Waals surface area contributed by atoms with Crippen molar-refractivity contribution in [1.29, 1.82) is 0 Å². The molecular formula is C11H16BrNO. The maximum absolute atomic E-state index is 5.56. The molecule has 0 radical (unpaired) electrons. The Balaban J connectivity index is 2.28. The van der Waals surface area contributed by atoms with Gasteiger partial charge in [0.2, 0.25) is 0 Å². The molecule has 0 heterocycles. The third kappa shape index (κ3) is 4.11. The minimum absolute atomic E-state index is 0.533. The van der Waals surface area contributed by atoms with Gasteiger partial charge in [0, 0.05) is 4.47 Å². The first-order valence-electron chi connectivity index (χ1n) is 4.81. The van der Waals surface area contributed by atoms with Gasteiger partial charge in [0.05, 0.1) is 6.61 Å². The topological polar surface area (TPSA) is 35.2 Å². The molecule has 0 spiro atoms. The Morgan fingerprint density at radius 3 is 2.57 bits per heavy atom. The lowest BCUT2D eigenvalue weighted by molar-refractivity contribution is 0.285. The number of hydrogen-bond acceptors (Lipinski definition) is 2. The molecule has 1 aromatic carbocycles. The van der Waals surface area contributed by atoms with Crippen molar-refractivity contribution in [3.8, 4) is 5.75 Å². The first-order valence-corrected chi connectivity index (χ1v) is 5.60. The number of hydrogen-bond donors (Lipinski definition) is 1. The van der Waals surface area contributed by atoms with Crippen LogP contribution in [-0.2, 0) is 0 Å². The van der Waals surface area contributed by atoms with Crippen LogP contribution >= 0.6 is 15.9 Å². The van der Waals surface area contributed by atoms with Gasteiger partial charge in [-0.25, -0.2) is 0 Å². The predicted octanol–water partition coefficient (Wildman–Crippen LogP) is 2.81. The summed E-state index contributed by atoms with van der Waals surface area (Å²) in [5.41, 5.74) is 5.51. The van der Waals surface area contributed by atoms with E-state index in [9.17, 15) is 0 Å². The van der Waals surface area contributed by atoms with Crippen molar-refractivity contribution in [3.05, 3.63) is 28.7 Å². The summed E-state index contributed by atoms with van der Waals surface area (Å²) in [6, 6.07) is 7.86. The van der Waals surface area contributed by atoms with Crippen LogP contribution in [0.15, 0.2) is 28.7 Å². The maximum atomic E-state index is 5.56. The molecule has 1 unspecified atom stereocenters. The zero-order valence-corrected chi connectivity index (χ0v) is 9.96. The van der Waals surface area contributed by atoms with Crippen molar-refractivity contribution >= 4 is 15.9 Å². The molecule has 0 aliphatic carbocycles. The number of halogens is 1. The van der Waals surface area contributed by atoms with Crippen LogP contribution in [0.4, 0.5) is 0 Å². The zero-order valence-electron chi connectivity index (χ0n) is 8.37. The predicted molar refractivity (Wildman–Crippen MR) is 62.5 cm³/mol. The van der Waals surface area contributed by atoms with Crippen LogP contribution in [0.1, 0.15) is 13.3 Å². The second kappa shape index (κ2) is 6.04. The van der Waals surface area contributed by atoms with Gasteiger partial charge in [0.1, 0.15) is 5.75 Å². The average Bonchev–Trinajstić information content (AvgIpc) is 2.21. The van der Waals surface area contributed by atoms with E-state index in [2.05, 4.69) is 22.9 Å². The Labute approximate surface area is 93.6 Å².